The van der Waals surface area contributed by atoms with Crippen molar-refractivity contribution in [3.8, 4) is 0 Å². The Morgan fingerprint density at radius 1 is 1.09 bits per heavy atom. The smallest absolute Gasteiger partial charge is 0.334 e. The molecular formula is C22H17F3N4O2S. The summed E-state index contributed by atoms with van der Waals surface area (Å²) < 4.78 is 41.0. The van der Waals surface area contributed by atoms with Gasteiger partial charge in [-0.15, -0.1) is 0 Å². The quantitative estimate of drug-likeness (QED) is 0.563. The Hall–Kier alpha value is -3.40. The predicted molar refractivity (Wildman–Crippen MR) is 115 cm³/mol. The summed E-state index contributed by atoms with van der Waals surface area (Å²) in [6, 6.07) is 10.6. The maximum absolute atomic E-state index is 13.3. The highest BCUT2D eigenvalue weighted by atomic mass is 32.1. The number of fused-ring (bicyclic) bond motifs is 2. The number of likely N-dealkylation sites (N-methyl/N-ethyl adjacent to an activating group) is 1. The average molecular weight is 458 g/mol. The molecule has 0 unspecified atom stereocenters. The summed E-state index contributed by atoms with van der Waals surface area (Å²) in [5.74, 6) is -0.267. The predicted octanol–water partition coefficient (Wildman–Crippen LogP) is 2.47. The van der Waals surface area contributed by atoms with Crippen LogP contribution in [0.15, 0.2) is 52.3 Å². The number of aromatic nitrogens is 1. The van der Waals surface area contributed by atoms with Gasteiger partial charge in [0.25, 0.3) is 11.5 Å². The summed E-state index contributed by atoms with van der Waals surface area (Å²) >= 11 is 1.13. The van der Waals surface area contributed by atoms with Crippen LogP contribution in [0.2, 0.25) is 0 Å². The molecule has 0 fully saturated rings. The van der Waals surface area contributed by atoms with Gasteiger partial charge in [0, 0.05) is 18.3 Å². The van der Waals surface area contributed by atoms with Crippen LogP contribution in [0.3, 0.4) is 0 Å². The zero-order chi connectivity index (χ0) is 22.8. The lowest BCUT2D eigenvalue weighted by Crippen LogP contribution is -2.43. The van der Waals surface area contributed by atoms with Gasteiger partial charge in [-0.2, -0.15) is 13.2 Å². The minimum atomic E-state index is -4.46. The number of carbonyl (C=O) groups is 1. The number of amides is 1. The van der Waals surface area contributed by atoms with Crippen molar-refractivity contribution in [2.75, 3.05) is 23.5 Å². The van der Waals surface area contributed by atoms with Crippen LogP contribution >= 0.6 is 11.3 Å². The lowest BCUT2D eigenvalue weighted by atomic mass is 10.1. The van der Waals surface area contributed by atoms with E-state index in [2.05, 4.69) is 4.99 Å². The van der Waals surface area contributed by atoms with Crippen molar-refractivity contribution in [3.05, 3.63) is 78.8 Å². The zero-order valence-electron chi connectivity index (χ0n) is 17.1. The van der Waals surface area contributed by atoms with Crippen molar-refractivity contribution in [3.63, 3.8) is 0 Å². The van der Waals surface area contributed by atoms with E-state index in [1.807, 2.05) is 25.1 Å². The molecule has 0 spiro atoms. The lowest BCUT2D eigenvalue weighted by molar-refractivity contribution is -0.137. The van der Waals surface area contributed by atoms with E-state index in [0.29, 0.717) is 21.6 Å². The highest BCUT2D eigenvalue weighted by Crippen LogP contribution is 2.35. The van der Waals surface area contributed by atoms with Gasteiger partial charge in [-0.1, -0.05) is 29.0 Å². The van der Waals surface area contributed by atoms with Gasteiger partial charge < -0.3 is 9.80 Å². The van der Waals surface area contributed by atoms with Crippen molar-refractivity contribution in [1.82, 2.24) is 4.57 Å². The van der Waals surface area contributed by atoms with E-state index in [9.17, 15) is 22.8 Å². The molecule has 10 heteroatoms. The summed E-state index contributed by atoms with van der Waals surface area (Å²) in [6.07, 6.45) is -4.46. The second-order valence-corrected chi connectivity index (χ2v) is 8.71. The van der Waals surface area contributed by atoms with Crippen LogP contribution in [-0.4, -0.2) is 24.2 Å². The van der Waals surface area contributed by atoms with Crippen LogP contribution in [0.25, 0.3) is 5.57 Å². The largest absolute Gasteiger partial charge is 0.416 e. The van der Waals surface area contributed by atoms with Gasteiger partial charge >= 0.3 is 6.18 Å². The molecule has 6 nitrogen and oxygen atoms in total. The first-order valence-corrected chi connectivity index (χ1v) is 10.6. The van der Waals surface area contributed by atoms with Gasteiger partial charge in [0.05, 0.1) is 16.8 Å². The molecule has 0 radical (unpaired) electrons. The van der Waals surface area contributed by atoms with Gasteiger partial charge in [-0.3, -0.25) is 14.2 Å². The topological polar surface area (TPSA) is 57.9 Å². The summed E-state index contributed by atoms with van der Waals surface area (Å²) in [7, 11) is 1.66. The van der Waals surface area contributed by atoms with Crippen molar-refractivity contribution in [2.24, 2.45) is 4.99 Å². The Morgan fingerprint density at radius 3 is 2.62 bits per heavy atom. The number of nitrogens with zero attached hydrogens (tertiary/aromatic N) is 4. The number of thiazole rings is 1. The highest BCUT2D eigenvalue weighted by molar-refractivity contribution is 7.07. The van der Waals surface area contributed by atoms with E-state index in [0.717, 1.165) is 34.7 Å². The Bertz CT molecular complexity index is 1460. The summed E-state index contributed by atoms with van der Waals surface area (Å²) in [5.41, 5.74) is 1.91. The molecule has 2 aliphatic rings. The van der Waals surface area contributed by atoms with E-state index in [4.69, 9.17) is 0 Å². The molecule has 32 heavy (non-hydrogen) atoms. The maximum atomic E-state index is 13.3. The third kappa shape index (κ3) is 3.13. The monoisotopic (exact) mass is 458 g/mol. The normalized spacial score (nSPS) is 17.3. The van der Waals surface area contributed by atoms with E-state index in [1.54, 1.807) is 18.0 Å². The van der Waals surface area contributed by atoms with E-state index in [1.165, 1.54) is 15.5 Å². The number of hydrogen-bond acceptors (Lipinski definition) is 5. The van der Waals surface area contributed by atoms with Crippen LogP contribution in [0.1, 0.15) is 16.7 Å². The highest BCUT2D eigenvalue weighted by Gasteiger charge is 2.33. The molecule has 0 saturated heterocycles. The fourth-order valence-corrected chi connectivity index (χ4v) is 5.01. The summed E-state index contributed by atoms with van der Waals surface area (Å²) in [4.78, 5) is 34.2. The van der Waals surface area contributed by atoms with Crippen molar-refractivity contribution >= 4 is 34.2 Å². The number of benzene rings is 2. The first kappa shape index (κ1) is 20.5. The van der Waals surface area contributed by atoms with Crippen molar-refractivity contribution in [2.45, 2.75) is 19.8 Å². The molecule has 0 saturated carbocycles. The molecule has 2 aliphatic heterocycles. The van der Waals surface area contributed by atoms with Gasteiger partial charge in [0.15, 0.2) is 4.80 Å². The number of anilines is 2. The number of aryl methyl sites for hydroxylation is 1. The fourth-order valence-electron chi connectivity index (χ4n) is 3.96. The van der Waals surface area contributed by atoms with Gasteiger partial charge in [0.1, 0.15) is 17.9 Å². The molecular weight excluding hydrogens is 441 g/mol. The second kappa shape index (κ2) is 7.06. The molecule has 0 bridgehead atoms. The van der Waals surface area contributed by atoms with Crippen LogP contribution in [0, 0.1) is 6.92 Å². The third-order valence-corrected chi connectivity index (χ3v) is 6.73. The molecule has 5 rings (SSSR count). The van der Waals surface area contributed by atoms with E-state index < -0.39 is 11.7 Å². The standard InChI is InChI=1S/C22H17F3N4O2S/c1-12-6-7-16-15(8-12)17(19(30)27(16)2)18-20(31)29-11-28(10-26-21(29)32-18)14-5-3-4-13(9-14)22(23,24)25/h3-9H,10-11H2,1-2H3/b18-17-. The number of hydrogen-bond donors (Lipinski definition) is 0. The molecule has 0 N–H and O–H groups in total. The Morgan fingerprint density at radius 2 is 1.88 bits per heavy atom. The Balaban J connectivity index is 1.62. The minimum Gasteiger partial charge on any atom is -0.334 e. The van der Waals surface area contributed by atoms with Crippen molar-refractivity contribution < 1.29 is 18.0 Å². The minimum absolute atomic E-state index is 0.0491. The lowest BCUT2D eigenvalue weighted by Gasteiger charge is -2.26. The molecule has 2 aromatic carbocycles. The van der Waals surface area contributed by atoms with Gasteiger partial charge in [-0.05, 0) is 37.3 Å². The fraction of sp³-hybridized carbons (Fsp3) is 0.227. The third-order valence-electron chi connectivity index (χ3n) is 5.62. The molecule has 1 amide bonds. The van der Waals surface area contributed by atoms with Gasteiger partial charge in [-0.25, -0.2) is 4.99 Å². The average Bonchev–Trinajstić information content (AvgIpc) is 3.20. The van der Waals surface area contributed by atoms with Gasteiger partial charge in [0.2, 0.25) is 0 Å². The second-order valence-electron chi connectivity index (χ2n) is 7.74. The molecule has 164 valence electrons. The van der Waals surface area contributed by atoms with Crippen LogP contribution in [-0.2, 0) is 17.6 Å². The zero-order valence-corrected chi connectivity index (χ0v) is 17.9. The van der Waals surface area contributed by atoms with E-state index in [-0.39, 0.29) is 29.3 Å². The first-order chi connectivity index (χ1) is 15.1. The Labute approximate surface area is 184 Å². The van der Waals surface area contributed by atoms with Crippen molar-refractivity contribution in [1.29, 1.82) is 0 Å². The number of rotatable bonds is 1. The molecule has 3 aromatic rings. The number of halogens is 3. The van der Waals surface area contributed by atoms with Crippen LogP contribution < -0.4 is 24.7 Å². The molecule has 0 atom stereocenters. The number of carbonyl (C=O) groups excluding carboxylic acids is 1. The van der Waals surface area contributed by atoms with E-state index >= 15 is 0 Å². The molecule has 3 heterocycles. The Kier molecular flexibility index (Phi) is 4.52. The van der Waals surface area contributed by atoms with Crippen LogP contribution in [0.4, 0.5) is 24.5 Å². The molecule has 1 aromatic heterocycles. The summed E-state index contributed by atoms with van der Waals surface area (Å²) in [6.45, 7) is 2.07. The maximum Gasteiger partial charge on any atom is 0.416 e. The SMILES string of the molecule is Cc1ccc2c(c1)/C(=c1/sc3n(c1=O)CN(c1cccc(C(F)(F)F)c1)CN=3)C(=O)N2C. The first-order valence-electron chi connectivity index (χ1n) is 9.75. The van der Waals surface area contributed by atoms with Crippen LogP contribution in [0.5, 0.6) is 0 Å². The molecule has 0 aliphatic carbocycles. The summed E-state index contributed by atoms with van der Waals surface area (Å²) in [5, 5.41) is 0. The number of alkyl halides is 3.